The lowest BCUT2D eigenvalue weighted by Crippen LogP contribution is -2.66. The second-order valence-electron chi connectivity index (χ2n) is 6.45. The molecule has 1 aliphatic rings. The average molecular weight is 337 g/mol. The lowest BCUT2D eigenvalue weighted by molar-refractivity contribution is -0.156. The fraction of sp³-hybridized carbons (Fsp3) is 0.529. The van der Waals surface area contributed by atoms with E-state index in [1.54, 1.807) is 11.8 Å². The summed E-state index contributed by atoms with van der Waals surface area (Å²) in [5.41, 5.74) is -0.912. The van der Waals surface area contributed by atoms with Crippen molar-refractivity contribution in [1.82, 2.24) is 4.90 Å². The smallest absolute Gasteiger partial charge is 0.410 e. The molecule has 0 bridgehead atoms. The Kier molecular flexibility index (Phi) is 5.24. The van der Waals surface area contributed by atoms with Crippen LogP contribution < -0.4 is 0 Å². The summed E-state index contributed by atoms with van der Waals surface area (Å²) in [5.74, 6) is 0.287. The quantitative estimate of drug-likeness (QED) is 0.913. The van der Waals surface area contributed by atoms with Crippen molar-refractivity contribution in [3.63, 3.8) is 0 Å². The van der Waals surface area contributed by atoms with Crippen molar-refractivity contribution in [3.8, 4) is 0 Å². The van der Waals surface area contributed by atoms with Gasteiger partial charge in [-0.15, -0.1) is 0 Å². The lowest BCUT2D eigenvalue weighted by atomic mass is 9.70. The monoisotopic (exact) mass is 337 g/mol. The second kappa shape index (κ2) is 6.83. The minimum atomic E-state index is -1.26. The van der Waals surface area contributed by atoms with Crippen LogP contribution in [0.25, 0.3) is 0 Å². The molecule has 1 N–H and O–H groups in total. The van der Waals surface area contributed by atoms with E-state index in [0.29, 0.717) is 5.75 Å². The van der Waals surface area contributed by atoms with Crippen LogP contribution in [-0.2, 0) is 16.1 Å². The van der Waals surface area contributed by atoms with Crippen molar-refractivity contribution in [3.05, 3.63) is 35.9 Å². The third-order valence-electron chi connectivity index (χ3n) is 4.71. The first kappa shape index (κ1) is 17.7. The first-order valence-electron chi connectivity index (χ1n) is 7.57. The second-order valence-corrected chi connectivity index (χ2v) is 7.56. The van der Waals surface area contributed by atoms with Gasteiger partial charge in [-0.3, -0.25) is 4.90 Å². The Labute approximate surface area is 141 Å². The molecule has 1 fully saturated rings. The number of benzene rings is 1. The molecule has 23 heavy (non-hydrogen) atoms. The van der Waals surface area contributed by atoms with Crippen molar-refractivity contribution in [2.45, 2.75) is 32.4 Å². The van der Waals surface area contributed by atoms with E-state index in [-0.39, 0.29) is 6.61 Å². The van der Waals surface area contributed by atoms with Crippen molar-refractivity contribution in [1.29, 1.82) is 0 Å². The molecule has 0 aromatic heterocycles. The van der Waals surface area contributed by atoms with E-state index in [1.165, 1.54) is 11.9 Å². The van der Waals surface area contributed by atoms with Gasteiger partial charge in [-0.25, -0.2) is 9.59 Å². The molecule has 1 saturated heterocycles. The summed E-state index contributed by atoms with van der Waals surface area (Å²) in [6, 6.07) is 9.35. The number of rotatable bonds is 4. The van der Waals surface area contributed by atoms with Crippen LogP contribution in [-0.4, -0.2) is 46.2 Å². The maximum Gasteiger partial charge on any atom is 0.410 e. The SMILES string of the molecule is CN(C(=O)OCc1ccccc1)C1(C(=O)O)CSCCC1(C)C. The van der Waals surface area contributed by atoms with E-state index >= 15 is 0 Å². The van der Waals surface area contributed by atoms with Crippen molar-refractivity contribution < 1.29 is 19.4 Å². The number of amides is 1. The highest BCUT2D eigenvalue weighted by atomic mass is 32.2. The molecule has 1 amide bonds. The third kappa shape index (κ3) is 3.32. The highest BCUT2D eigenvalue weighted by Gasteiger charge is 2.57. The number of carbonyl (C=O) groups is 2. The van der Waals surface area contributed by atoms with Crippen LogP contribution in [0.1, 0.15) is 25.8 Å². The summed E-state index contributed by atoms with van der Waals surface area (Å²) >= 11 is 1.56. The number of thioether (sulfide) groups is 1. The zero-order valence-electron chi connectivity index (χ0n) is 13.7. The molecule has 0 spiro atoms. The molecule has 1 aromatic rings. The van der Waals surface area contributed by atoms with Gasteiger partial charge in [0.05, 0.1) is 0 Å². The maximum atomic E-state index is 12.4. The number of likely N-dealkylation sites (N-methyl/N-ethyl adjacent to an activating group) is 1. The summed E-state index contributed by atoms with van der Waals surface area (Å²) in [5, 5.41) is 9.87. The Hall–Kier alpha value is -1.69. The van der Waals surface area contributed by atoms with Gasteiger partial charge < -0.3 is 9.84 Å². The first-order valence-corrected chi connectivity index (χ1v) is 8.72. The Morgan fingerprint density at radius 1 is 1.30 bits per heavy atom. The van der Waals surface area contributed by atoms with E-state index in [4.69, 9.17) is 4.74 Å². The number of ether oxygens (including phenoxy) is 1. The number of nitrogens with zero attached hydrogens (tertiary/aromatic N) is 1. The average Bonchev–Trinajstić information content (AvgIpc) is 2.52. The largest absolute Gasteiger partial charge is 0.479 e. The molecule has 0 aliphatic carbocycles. The van der Waals surface area contributed by atoms with Crippen LogP contribution in [0.5, 0.6) is 0 Å². The predicted octanol–water partition coefficient (Wildman–Crippen LogP) is 3.24. The molecule has 1 heterocycles. The molecule has 5 nitrogen and oxygen atoms in total. The molecule has 1 aromatic carbocycles. The third-order valence-corrected chi connectivity index (χ3v) is 5.82. The zero-order valence-corrected chi connectivity index (χ0v) is 14.6. The van der Waals surface area contributed by atoms with E-state index in [2.05, 4.69) is 0 Å². The van der Waals surface area contributed by atoms with E-state index < -0.39 is 23.0 Å². The Bertz CT molecular complexity index is 575. The number of hydrogen-bond acceptors (Lipinski definition) is 4. The van der Waals surface area contributed by atoms with Gasteiger partial charge in [-0.1, -0.05) is 44.2 Å². The zero-order chi connectivity index (χ0) is 17.1. The highest BCUT2D eigenvalue weighted by Crippen LogP contribution is 2.46. The first-order chi connectivity index (χ1) is 10.8. The number of carboxylic acids is 1. The normalized spacial score (nSPS) is 23.1. The molecule has 1 unspecified atom stereocenters. The molecular formula is C17H23NO4S. The van der Waals surface area contributed by atoms with Gasteiger partial charge in [0.1, 0.15) is 6.61 Å². The topological polar surface area (TPSA) is 66.8 Å². The molecule has 2 rings (SSSR count). The van der Waals surface area contributed by atoms with Gasteiger partial charge in [0.2, 0.25) is 0 Å². The summed E-state index contributed by atoms with van der Waals surface area (Å²) in [7, 11) is 1.52. The van der Waals surface area contributed by atoms with Gasteiger partial charge >= 0.3 is 12.1 Å². The fourth-order valence-corrected chi connectivity index (χ4v) is 4.77. The van der Waals surface area contributed by atoms with Gasteiger partial charge in [0, 0.05) is 18.2 Å². The number of carbonyl (C=O) groups excluding carboxylic acids is 1. The predicted molar refractivity (Wildman–Crippen MR) is 90.5 cm³/mol. The number of carboxylic acid groups (broad SMARTS) is 1. The lowest BCUT2D eigenvalue weighted by Gasteiger charge is -2.50. The van der Waals surface area contributed by atoms with E-state index in [1.807, 2.05) is 44.2 Å². The van der Waals surface area contributed by atoms with Crippen LogP contribution in [0.15, 0.2) is 30.3 Å². The standard InChI is InChI=1S/C17H23NO4S/c1-16(2)9-10-23-12-17(16,14(19)20)18(3)15(21)22-11-13-7-5-4-6-8-13/h4-8H,9-12H2,1-3H3,(H,19,20). The van der Waals surface area contributed by atoms with Crippen LogP contribution in [0.3, 0.4) is 0 Å². The fourth-order valence-electron chi connectivity index (χ4n) is 2.97. The number of aliphatic carboxylic acids is 1. The van der Waals surface area contributed by atoms with E-state index in [9.17, 15) is 14.7 Å². The van der Waals surface area contributed by atoms with Gasteiger partial charge in [-0.2, -0.15) is 11.8 Å². The Morgan fingerprint density at radius 2 is 1.96 bits per heavy atom. The summed E-state index contributed by atoms with van der Waals surface area (Å²) < 4.78 is 5.33. The molecular weight excluding hydrogens is 314 g/mol. The van der Waals surface area contributed by atoms with Crippen molar-refractivity contribution in [2.24, 2.45) is 5.41 Å². The van der Waals surface area contributed by atoms with Crippen molar-refractivity contribution in [2.75, 3.05) is 18.6 Å². The van der Waals surface area contributed by atoms with Crippen LogP contribution >= 0.6 is 11.8 Å². The molecule has 6 heteroatoms. The minimum Gasteiger partial charge on any atom is -0.479 e. The van der Waals surface area contributed by atoms with Gasteiger partial charge in [0.15, 0.2) is 5.54 Å². The maximum absolute atomic E-state index is 12.4. The minimum absolute atomic E-state index is 0.132. The highest BCUT2D eigenvalue weighted by molar-refractivity contribution is 7.99. The Morgan fingerprint density at radius 3 is 2.52 bits per heavy atom. The summed E-state index contributed by atoms with van der Waals surface area (Å²) in [4.78, 5) is 25.8. The summed E-state index contributed by atoms with van der Waals surface area (Å²) in [6.45, 7) is 3.94. The van der Waals surface area contributed by atoms with Gasteiger partial charge in [0.25, 0.3) is 0 Å². The summed E-state index contributed by atoms with van der Waals surface area (Å²) in [6.07, 6.45) is 0.132. The van der Waals surface area contributed by atoms with E-state index in [0.717, 1.165) is 17.7 Å². The van der Waals surface area contributed by atoms with Crippen LogP contribution in [0.4, 0.5) is 4.79 Å². The van der Waals surface area contributed by atoms with Crippen LogP contribution in [0.2, 0.25) is 0 Å². The molecule has 0 radical (unpaired) electrons. The molecule has 1 atom stereocenters. The molecule has 1 aliphatic heterocycles. The van der Waals surface area contributed by atoms with Crippen LogP contribution in [0, 0.1) is 5.41 Å². The number of hydrogen-bond donors (Lipinski definition) is 1. The van der Waals surface area contributed by atoms with Gasteiger partial charge in [-0.05, 0) is 17.7 Å². The van der Waals surface area contributed by atoms with Crippen molar-refractivity contribution >= 4 is 23.8 Å². The Balaban J connectivity index is 2.16. The molecule has 0 saturated carbocycles. The molecule has 126 valence electrons.